The maximum atomic E-state index is 13.5. The monoisotopic (exact) mass is 602 g/mol. The first kappa shape index (κ1) is 25.3. The molecule has 0 radical (unpaired) electrons. The van der Waals surface area contributed by atoms with Crippen LogP contribution in [0.5, 0.6) is 0 Å². The van der Waals surface area contributed by atoms with Crippen molar-refractivity contribution in [1.29, 1.82) is 0 Å². The van der Waals surface area contributed by atoms with Crippen LogP contribution in [0.2, 0.25) is 0 Å². The first-order valence-electron chi connectivity index (χ1n) is 11.2. The number of nitrogens with zero attached hydrogens (tertiary/aromatic N) is 2. The smallest absolute Gasteiger partial charge is 0.313 e. The Balaban J connectivity index is 1.32. The number of piperazine rings is 1. The van der Waals surface area contributed by atoms with Gasteiger partial charge in [0.2, 0.25) is 0 Å². The van der Waals surface area contributed by atoms with Crippen molar-refractivity contribution in [3.63, 3.8) is 0 Å². The van der Waals surface area contributed by atoms with Crippen molar-refractivity contribution in [1.82, 2.24) is 10.2 Å². The molecule has 1 heterocycles. The molecule has 2 amide bonds. The molecular formula is C26H25Br2FN4O2. The predicted molar refractivity (Wildman–Crippen MR) is 143 cm³/mol. The lowest BCUT2D eigenvalue weighted by Crippen LogP contribution is -2.46. The van der Waals surface area contributed by atoms with E-state index in [1.807, 2.05) is 24.3 Å². The lowest BCUT2D eigenvalue weighted by Gasteiger charge is -2.36. The number of nitrogens with one attached hydrogen (secondary N) is 2. The van der Waals surface area contributed by atoms with E-state index in [2.05, 4.69) is 82.6 Å². The minimum absolute atomic E-state index is 0.234. The molecule has 1 aliphatic heterocycles. The molecule has 6 nitrogen and oxygen atoms in total. The SMILES string of the molecule is O=C(NCc1ccccc1CN1CCN(c2ccccc2)CC1)C(=O)Nc1c(Br)cc(F)cc1Br. The Morgan fingerprint density at radius 3 is 2.09 bits per heavy atom. The maximum absolute atomic E-state index is 13.5. The molecule has 0 spiro atoms. The van der Waals surface area contributed by atoms with E-state index >= 15 is 0 Å². The highest BCUT2D eigenvalue weighted by Gasteiger charge is 2.20. The fourth-order valence-corrected chi connectivity index (χ4v) is 5.34. The number of carbonyl (C=O) groups excluding carboxylic acids is 2. The van der Waals surface area contributed by atoms with E-state index in [9.17, 15) is 14.0 Å². The summed E-state index contributed by atoms with van der Waals surface area (Å²) in [6.45, 7) is 4.81. The molecule has 0 aromatic heterocycles. The standard InChI is InChI=1S/C26H25Br2FN4O2/c27-22-14-20(29)15-23(28)24(22)31-26(35)25(34)30-16-18-6-4-5-7-19(18)17-32-10-12-33(13-11-32)21-8-2-1-3-9-21/h1-9,14-15H,10-13,16-17H2,(H,30,34)(H,31,35). The normalized spacial score (nSPS) is 14.0. The summed E-state index contributed by atoms with van der Waals surface area (Å²) in [6, 6.07) is 20.8. The fraction of sp³-hybridized carbons (Fsp3) is 0.231. The van der Waals surface area contributed by atoms with Gasteiger partial charge in [0.05, 0.1) is 5.69 Å². The van der Waals surface area contributed by atoms with Crippen LogP contribution in [0.4, 0.5) is 15.8 Å². The second-order valence-electron chi connectivity index (χ2n) is 8.25. The topological polar surface area (TPSA) is 64.7 Å². The molecule has 0 unspecified atom stereocenters. The highest BCUT2D eigenvalue weighted by Crippen LogP contribution is 2.32. The third-order valence-electron chi connectivity index (χ3n) is 5.90. The minimum atomic E-state index is -0.826. The average molecular weight is 604 g/mol. The number of carbonyl (C=O) groups is 2. The Kier molecular flexibility index (Phi) is 8.54. The quantitative estimate of drug-likeness (QED) is 0.392. The Bertz CT molecular complexity index is 1180. The van der Waals surface area contributed by atoms with Gasteiger partial charge >= 0.3 is 11.8 Å². The van der Waals surface area contributed by atoms with E-state index in [0.29, 0.717) is 14.6 Å². The number of amides is 2. The van der Waals surface area contributed by atoms with Crippen LogP contribution in [0.3, 0.4) is 0 Å². The van der Waals surface area contributed by atoms with Gasteiger partial charge in [0.25, 0.3) is 0 Å². The van der Waals surface area contributed by atoms with Gasteiger partial charge in [-0.1, -0.05) is 42.5 Å². The van der Waals surface area contributed by atoms with E-state index in [4.69, 9.17) is 0 Å². The number of halogens is 3. The summed E-state index contributed by atoms with van der Waals surface area (Å²) < 4.78 is 14.1. The highest BCUT2D eigenvalue weighted by molar-refractivity contribution is 9.11. The fourth-order valence-electron chi connectivity index (χ4n) is 4.02. The van der Waals surface area contributed by atoms with Crippen LogP contribution in [-0.4, -0.2) is 42.9 Å². The van der Waals surface area contributed by atoms with Gasteiger partial charge in [0, 0.05) is 53.9 Å². The van der Waals surface area contributed by atoms with Crippen molar-refractivity contribution in [3.8, 4) is 0 Å². The third kappa shape index (κ3) is 6.68. The van der Waals surface area contributed by atoms with Crippen LogP contribution >= 0.6 is 31.9 Å². The zero-order chi connectivity index (χ0) is 24.8. The van der Waals surface area contributed by atoms with Gasteiger partial charge in [-0.25, -0.2) is 4.39 Å². The first-order valence-corrected chi connectivity index (χ1v) is 12.8. The number of rotatable bonds is 6. The Morgan fingerprint density at radius 1 is 0.829 bits per heavy atom. The Labute approximate surface area is 220 Å². The van der Waals surface area contributed by atoms with Crippen molar-refractivity contribution in [2.45, 2.75) is 13.1 Å². The largest absolute Gasteiger partial charge is 0.369 e. The number of para-hydroxylation sites is 1. The number of hydrogen-bond acceptors (Lipinski definition) is 4. The molecule has 0 saturated carbocycles. The van der Waals surface area contributed by atoms with Gasteiger partial charge in [-0.3, -0.25) is 14.5 Å². The minimum Gasteiger partial charge on any atom is -0.369 e. The van der Waals surface area contributed by atoms with Crippen LogP contribution in [0.15, 0.2) is 75.7 Å². The van der Waals surface area contributed by atoms with Crippen LogP contribution in [0, 0.1) is 5.82 Å². The van der Waals surface area contributed by atoms with Crippen LogP contribution in [-0.2, 0) is 22.7 Å². The molecule has 35 heavy (non-hydrogen) atoms. The molecule has 0 bridgehead atoms. The summed E-state index contributed by atoms with van der Waals surface area (Å²) in [6.07, 6.45) is 0. The summed E-state index contributed by atoms with van der Waals surface area (Å²) in [5.74, 6) is -2.06. The van der Waals surface area contributed by atoms with Crippen LogP contribution in [0.25, 0.3) is 0 Å². The highest BCUT2D eigenvalue weighted by atomic mass is 79.9. The summed E-state index contributed by atoms with van der Waals surface area (Å²) in [7, 11) is 0. The third-order valence-corrected chi connectivity index (χ3v) is 7.15. The molecule has 3 aromatic carbocycles. The number of anilines is 2. The van der Waals surface area contributed by atoms with Gasteiger partial charge in [0.15, 0.2) is 0 Å². The molecule has 0 aliphatic carbocycles. The molecule has 1 aliphatic rings. The number of hydrogen-bond donors (Lipinski definition) is 2. The van der Waals surface area contributed by atoms with Gasteiger partial charge in [-0.2, -0.15) is 0 Å². The zero-order valence-electron chi connectivity index (χ0n) is 18.9. The molecule has 1 fully saturated rings. The number of benzene rings is 3. The molecule has 2 N–H and O–H groups in total. The van der Waals surface area contributed by atoms with E-state index in [-0.39, 0.29) is 6.54 Å². The Morgan fingerprint density at radius 2 is 1.43 bits per heavy atom. The molecule has 3 aromatic rings. The molecule has 4 rings (SSSR count). The summed E-state index contributed by atoms with van der Waals surface area (Å²) in [4.78, 5) is 29.6. The van der Waals surface area contributed by atoms with E-state index < -0.39 is 17.6 Å². The molecule has 0 atom stereocenters. The summed E-state index contributed by atoms with van der Waals surface area (Å²) >= 11 is 6.40. The first-order chi connectivity index (χ1) is 16.9. The Hall–Kier alpha value is -2.75. The van der Waals surface area contributed by atoms with Crippen molar-refractivity contribution in [3.05, 3.63) is 92.6 Å². The molecular weight excluding hydrogens is 579 g/mol. The van der Waals surface area contributed by atoms with Crippen molar-refractivity contribution in [2.24, 2.45) is 0 Å². The van der Waals surface area contributed by atoms with Gasteiger partial charge in [0.1, 0.15) is 5.82 Å². The lowest BCUT2D eigenvalue weighted by atomic mass is 10.1. The second-order valence-corrected chi connectivity index (χ2v) is 9.96. The van der Waals surface area contributed by atoms with Crippen molar-refractivity contribution in [2.75, 3.05) is 36.4 Å². The zero-order valence-corrected chi connectivity index (χ0v) is 22.1. The summed E-state index contributed by atoms with van der Waals surface area (Å²) in [5, 5.41) is 5.21. The molecule has 9 heteroatoms. The van der Waals surface area contributed by atoms with E-state index in [1.165, 1.54) is 17.8 Å². The van der Waals surface area contributed by atoms with Crippen molar-refractivity contribution >= 4 is 55.0 Å². The van der Waals surface area contributed by atoms with Gasteiger partial charge in [-0.15, -0.1) is 0 Å². The van der Waals surface area contributed by atoms with E-state index in [1.54, 1.807) is 0 Å². The van der Waals surface area contributed by atoms with Gasteiger partial charge < -0.3 is 15.5 Å². The van der Waals surface area contributed by atoms with Crippen LogP contribution < -0.4 is 15.5 Å². The molecule has 182 valence electrons. The second kappa shape index (κ2) is 11.8. The lowest BCUT2D eigenvalue weighted by molar-refractivity contribution is -0.136. The van der Waals surface area contributed by atoms with E-state index in [0.717, 1.165) is 43.9 Å². The molecule has 1 saturated heterocycles. The summed E-state index contributed by atoms with van der Waals surface area (Å²) in [5.41, 5.74) is 3.61. The maximum Gasteiger partial charge on any atom is 0.313 e. The predicted octanol–water partition coefficient (Wildman–Crippen LogP) is 4.93. The van der Waals surface area contributed by atoms with Gasteiger partial charge in [-0.05, 0) is 67.3 Å². The van der Waals surface area contributed by atoms with Crippen molar-refractivity contribution < 1.29 is 14.0 Å². The average Bonchev–Trinajstić information content (AvgIpc) is 2.86. The van der Waals surface area contributed by atoms with Crippen LogP contribution in [0.1, 0.15) is 11.1 Å².